The van der Waals surface area contributed by atoms with Crippen molar-refractivity contribution in [3.63, 3.8) is 0 Å². The van der Waals surface area contributed by atoms with E-state index in [9.17, 15) is 13.5 Å². The van der Waals surface area contributed by atoms with Gasteiger partial charge in [0.05, 0.1) is 29.5 Å². The summed E-state index contributed by atoms with van der Waals surface area (Å²) in [4.78, 5) is 4.93. The number of aromatic nitrogens is 3. The molecule has 0 amide bonds. The summed E-state index contributed by atoms with van der Waals surface area (Å²) in [6, 6.07) is 12.9. The van der Waals surface area contributed by atoms with E-state index in [4.69, 9.17) is 14.2 Å². The van der Waals surface area contributed by atoms with Crippen LogP contribution < -0.4 is 4.72 Å². The zero-order valence-corrected chi connectivity index (χ0v) is 24.6. The van der Waals surface area contributed by atoms with E-state index < -0.39 is 10.0 Å². The summed E-state index contributed by atoms with van der Waals surface area (Å²) in [7, 11) is -3.97. The Balaban J connectivity index is 1.76. The van der Waals surface area contributed by atoms with Crippen molar-refractivity contribution in [3.8, 4) is 11.1 Å². The van der Waals surface area contributed by atoms with Crippen LogP contribution in [0.4, 0.5) is 5.82 Å². The second kappa shape index (κ2) is 12.8. The number of benzene rings is 2. The van der Waals surface area contributed by atoms with Gasteiger partial charge in [-0.3, -0.25) is 4.72 Å². The van der Waals surface area contributed by atoms with Crippen molar-refractivity contribution >= 4 is 15.8 Å². The fraction of sp³-hybridized carbons (Fsp3) is 0.400. The molecule has 2 heterocycles. The number of nitrogens with one attached hydrogen (secondary N) is 1. The van der Waals surface area contributed by atoms with Crippen LogP contribution in [-0.2, 0) is 47.4 Å². The van der Waals surface area contributed by atoms with E-state index in [1.807, 2.05) is 32.0 Å². The second-order valence-electron chi connectivity index (χ2n) is 9.71. The van der Waals surface area contributed by atoms with Crippen LogP contribution >= 0.6 is 0 Å². The van der Waals surface area contributed by atoms with Gasteiger partial charge in [0.1, 0.15) is 11.6 Å². The minimum absolute atomic E-state index is 0.0769. The van der Waals surface area contributed by atoms with Crippen molar-refractivity contribution < 1.29 is 22.8 Å². The van der Waals surface area contributed by atoms with Gasteiger partial charge in [-0.2, -0.15) is 0 Å². The van der Waals surface area contributed by atoms with E-state index in [1.54, 1.807) is 32.0 Å². The topological polar surface area (TPSA) is 119 Å². The van der Waals surface area contributed by atoms with Gasteiger partial charge < -0.3 is 18.9 Å². The number of anilines is 1. The first kappa shape index (κ1) is 29.5. The molecule has 2 aromatic carbocycles. The fourth-order valence-corrected chi connectivity index (χ4v) is 6.07. The molecule has 0 unspecified atom stereocenters. The van der Waals surface area contributed by atoms with Gasteiger partial charge in [0, 0.05) is 30.7 Å². The first-order chi connectivity index (χ1) is 19.2. The minimum atomic E-state index is -3.97. The third-order valence-electron chi connectivity index (χ3n) is 7.02. The molecule has 0 aliphatic rings. The molecule has 0 aliphatic carbocycles. The number of ether oxygens (including phenoxy) is 1. The highest BCUT2D eigenvalue weighted by atomic mass is 32.2. The van der Waals surface area contributed by atoms with Crippen LogP contribution in [0, 0.1) is 13.8 Å². The number of rotatable bonds is 13. The molecule has 0 radical (unpaired) electrons. The lowest BCUT2D eigenvalue weighted by atomic mass is 9.97. The maximum absolute atomic E-state index is 13.5. The number of nitrogens with zero attached hydrogens (tertiary/aromatic N) is 3. The highest BCUT2D eigenvalue weighted by Gasteiger charge is 2.24. The number of imidazole rings is 1. The zero-order valence-electron chi connectivity index (χ0n) is 23.8. The monoisotopic (exact) mass is 566 g/mol. The summed E-state index contributed by atoms with van der Waals surface area (Å²) in [6.45, 7) is 10.9. The van der Waals surface area contributed by atoms with Gasteiger partial charge >= 0.3 is 0 Å². The smallest absolute Gasteiger partial charge is 0.263 e. The average molecular weight is 567 g/mol. The lowest BCUT2D eigenvalue weighted by Gasteiger charge is -2.17. The molecule has 0 bridgehead atoms. The van der Waals surface area contributed by atoms with Crippen molar-refractivity contribution in [2.24, 2.45) is 0 Å². The molecule has 0 aliphatic heterocycles. The summed E-state index contributed by atoms with van der Waals surface area (Å²) in [5.41, 5.74) is 5.60. The molecular formula is C30H38N4O5S. The van der Waals surface area contributed by atoms with Crippen LogP contribution in [0.2, 0.25) is 0 Å². The van der Waals surface area contributed by atoms with E-state index in [0.717, 1.165) is 53.2 Å². The summed E-state index contributed by atoms with van der Waals surface area (Å²) < 4.78 is 42.7. The second-order valence-corrected chi connectivity index (χ2v) is 11.4. The molecule has 0 atom stereocenters. The Bertz CT molecular complexity index is 1570. The van der Waals surface area contributed by atoms with E-state index in [2.05, 4.69) is 27.4 Å². The maximum atomic E-state index is 13.5. The summed E-state index contributed by atoms with van der Waals surface area (Å²) in [5, 5.41) is 14.0. The van der Waals surface area contributed by atoms with E-state index in [1.165, 1.54) is 0 Å². The quantitative estimate of drug-likeness (QED) is 0.218. The van der Waals surface area contributed by atoms with Crippen molar-refractivity contribution in [2.45, 2.75) is 78.5 Å². The molecular weight excluding hydrogens is 528 g/mol. The third kappa shape index (κ3) is 6.14. The van der Waals surface area contributed by atoms with Gasteiger partial charge in [0.2, 0.25) is 0 Å². The van der Waals surface area contributed by atoms with Crippen LogP contribution in [-0.4, -0.2) is 34.8 Å². The normalized spacial score (nSPS) is 11.8. The number of aliphatic hydroxyl groups excluding tert-OH is 1. The molecule has 40 heavy (non-hydrogen) atoms. The van der Waals surface area contributed by atoms with Crippen LogP contribution in [0.25, 0.3) is 11.1 Å². The summed E-state index contributed by atoms with van der Waals surface area (Å²) >= 11 is 0. The number of hydrogen-bond acceptors (Lipinski definition) is 7. The first-order valence-electron chi connectivity index (χ1n) is 13.7. The Morgan fingerprint density at radius 3 is 2.50 bits per heavy atom. The van der Waals surface area contributed by atoms with Crippen LogP contribution in [0.1, 0.15) is 66.9 Å². The number of aryl methyl sites for hydroxylation is 3. The van der Waals surface area contributed by atoms with Gasteiger partial charge in [0.25, 0.3) is 10.0 Å². The molecule has 10 heteroatoms. The Hall–Kier alpha value is -3.47. The molecule has 4 aromatic rings. The third-order valence-corrected chi connectivity index (χ3v) is 8.42. The standard InChI is InChI=1S/C30H38N4O5S/c1-6-11-29-31-26(7-2)27(18-35)34(29)17-22-14-15-24(23(16-22)19-38-8-3)25-12-9-10-13-28(25)40(36,37)33-30-20(4)21(5)39-32-30/h9-10,12-16,35H,6-8,11,17-19H2,1-5H3,(H,32,33). The zero-order chi connectivity index (χ0) is 28.9. The van der Waals surface area contributed by atoms with E-state index >= 15 is 0 Å². The molecule has 214 valence electrons. The Morgan fingerprint density at radius 1 is 1.07 bits per heavy atom. The fourth-order valence-electron chi connectivity index (χ4n) is 4.79. The summed E-state index contributed by atoms with van der Waals surface area (Å²) in [6.07, 6.45) is 2.52. The largest absolute Gasteiger partial charge is 0.390 e. The first-order valence-corrected chi connectivity index (χ1v) is 15.1. The Morgan fingerprint density at radius 2 is 1.85 bits per heavy atom. The Kier molecular flexibility index (Phi) is 9.44. The lowest BCUT2D eigenvalue weighted by Crippen LogP contribution is -2.15. The van der Waals surface area contributed by atoms with Gasteiger partial charge in [-0.25, -0.2) is 13.4 Å². The highest BCUT2D eigenvalue weighted by molar-refractivity contribution is 7.92. The molecule has 0 spiro atoms. The van der Waals surface area contributed by atoms with Gasteiger partial charge in [-0.05, 0) is 56.4 Å². The van der Waals surface area contributed by atoms with Crippen molar-refractivity contribution in [3.05, 3.63) is 82.1 Å². The van der Waals surface area contributed by atoms with Crippen molar-refractivity contribution in [1.82, 2.24) is 14.7 Å². The summed E-state index contributed by atoms with van der Waals surface area (Å²) in [5.74, 6) is 1.68. The van der Waals surface area contributed by atoms with Crippen molar-refractivity contribution in [2.75, 3.05) is 11.3 Å². The Labute approximate surface area is 236 Å². The van der Waals surface area contributed by atoms with Crippen LogP contribution in [0.3, 0.4) is 0 Å². The lowest BCUT2D eigenvalue weighted by molar-refractivity contribution is 0.134. The van der Waals surface area contributed by atoms with Crippen LogP contribution in [0.15, 0.2) is 51.9 Å². The molecule has 4 rings (SSSR count). The van der Waals surface area contributed by atoms with Gasteiger partial charge in [-0.1, -0.05) is 55.4 Å². The minimum Gasteiger partial charge on any atom is -0.390 e. The number of hydrogen-bond donors (Lipinski definition) is 2. The average Bonchev–Trinajstić information content (AvgIpc) is 3.45. The van der Waals surface area contributed by atoms with E-state index in [-0.39, 0.29) is 17.3 Å². The number of sulfonamides is 1. The molecule has 0 fully saturated rings. The maximum Gasteiger partial charge on any atom is 0.263 e. The molecule has 2 N–H and O–H groups in total. The molecule has 0 saturated heterocycles. The molecule has 2 aromatic heterocycles. The molecule has 9 nitrogen and oxygen atoms in total. The van der Waals surface area contributed by atoms with Gasteiger partial charge in [0.15, 0.2) is 5.82 Å². The van der Waals surface area contributed by atoms with Gasteiger partial charge in [-0.15, -0.1) is 0 Å². The van der Waals surface area contributed by atoms with Crippen molar-refractivity contribution in [1.29, 1.82) is 0 Å². The predicted molar refractivity (Wildman–Crippen MR) is 155 cm³/mol. The number of aliphatic hydroxyl groups is 1. The van der Waals surface area contributed by atoms with E-state index in [0.29, 0.717) is 36.6 Å². The van der Waals surface area contributed by atoms with Crippen LogP contribution in [0.5, 0.6) is 0 Å². The molecule has 0 saturated carbocycles. The predicted octanol–water partition coefficient (Wildman–Crippen LogP) is 5.55. The highest BCUT2D eigenvalue weighted by Crippen LogP contribution is 2.33. The SMILES string of the molecule is CCCc1nc(CC)c(CO)n1Cc1ccc(-c2ccccc2S(=O)(=O)Nc2noc(C)c2C)c(COCC)c1.